The van der Waals surface area contributed by atoms with Crippen molar-refractivity contribution in [2.45, 2.75) is 6.04 Å². The standard InChI is InChI=1S/C18H16N4O3S/c23-17(12-4-6-15(7-5-12)22(24)25)19-14-3-1-2-13(10-14)16-11-21-8-9-26-18(21)20-16/h1-7,10,16H,8-9,11H2,(H,19,23). The molecule has 2 aromatic carbocycles. The van der Waals surface area contributed by atoms with Crippen LogP contribution < -0.4 is 5.32 Å². The summed E-state index contributed by atoms with van der Waals surface area (Å²) in [6.07, 6.45) is 0. The number of amidine groups is 1. The maximum absolute atomic E-state index is 12.4. The first-order chi connectivity index (χ1) is 12.6. The Hall–Kier alpha value is -2.87. The largest absolute Gasteiger partial charge is 0.348 e. The van der Waals surface area contributed by atoms with Gasteiger partial charge in [0.25, 0.3) is 11.6 Å². The summed E-state index contributed by atoms with van der Waals surface area (Å²) in [6.45, 7) is 1.92. The van der Waals surface area contributed by atoms with Crippen molar-refractivity contribution in [2.24, 2.45) is 4.99 Å². The highest BCUT2D eigenvalue weighted by molar-refractivity contribution is 8.14. The number of hydrogen-bond donors (Lipinski definition) is 1. The molecule has 8 heteroatoms. The van der Waals surface area contributed by atoms with E-state index in [9.17, 15) is 14.9 Å². The molecular weight excluding hydrogens is 352 g/mol. The predicted octanol–water partition coefficient (Wildman–Crippen LogP) is 3.31. The van der Waals surface area contributed by atoms with Gasteiger partial charge in [-0.15, -0.1) is 0 Å². The molecule has 0 saturated carbocycles. The number of non-ortho nitro benzene ring substituents is 1. The molecule has 0 bridgehead atoms. The number of rotatable bonds is 4. The quantitative estimate of drug-likeness (QED) is 0.661. The van der Waals surface area contributed by atoms with Gasteiger partial charge in [-0.1, -0.05) is 23.9 Å². The number of nitro groups is 1. The number of nitrogens with zero attached hydrogens (tertiary/aromatic N) is 3. The van der Waals surface area contributed by atoms with Gasteiger partial charge in [-0.25, -0.2) is 0 Å². The third kappa shape index (κ3) is 3.28. The van der Waals surface area contributed by atoms with Gasteiger partial charge in [0, 0.05) is 42.2 Å². The minimum atomic E-state index is -0.488. The van der Waals surface area contributed by atoms with Crippen molar-refractivity contribution in [2.75, 3.05) is 24.2 Å². The number of fused-ring (bicyclic) bond motifs is 1. The van der Waals surface area contributed by atoms with E-state index >= 15 is 0 Å². The molecular formula is C18H16N4O3S. The molecule has 0 aliphatic carbocycles. The molecule has 1 unspecified atom stereocenters. The van der Waals surface area contributed by atoms with Crippen LogP contribution in [0, 0.1) is 10.1 Å². The van der Waals surface area contributed by atoms with Crippen molar-refractivity contribution in [3.8, 4) is 0 Å². The lowest BCUT2D eigenvalue weighted by Crippen LogP contribution is -2.21. The molecule has 7 nitrogen and oxygen atoms in total. The average molecular weight is 368 g/mol. The van der Waals surface area contributed by atoms with Crippen LogP contribution in [0.1, 0.15) is 22.0 Å². The number of nitro benzene ring substituents is 1. The number of hydrogen-bond acceptors (Lipinski definition) is 6. The molecule has 132 valence electrons. The van der Waals surface area contributed by atoms with E-state index in [1.165, 1.54) is 24.3 Å². The normalized spacial score (nSPS) is 18.4. The number of benzene rings is 2. The second kappa shape index (κ2) is 6.80. The van der Waals surface area contributed by atoms with Crippen molar-refractivity contribution >= 4 is 34.2 Å². The average Bonchev–Trinajstić information content (AvgIpc) is 3.24. The van der Waals surface area contributed by atoms with Crippen LogP contribution in [0.3, 0.4) is 0 Å². The molecule has 2 heterocycles. The van der Waals surface area contributed by atoms with Crippen molar-refractivity contribution in [1.82, 2.24) is 4.90 Å². The Morgan fingerprint density at radius 2 is 2.08 bits per heavy atom. The number of aliphatic imine (C=N–C) groups is 1. The Balaban J connectivity index is 1.47. The number of thioether (sulfide) groups is 1. The van der Waals surface area contributed by atoms with Crippen molar-refractivity contribution in [3.63, 3.8) is 0 Å². The number of nitrogens with one attached hydrogen (secondary N) is 1. The summed E-state index contributed by atoms with van der Waals surface area (Å²) < 4.78 is 0. The summed E-state index contributed by atoms with van der Waals surface area (Å²) in [5.41, 5.74) is 2.08. The van der Waals surface area contributed by atoms with E-state index in [2.05, 4.69) is 10.2 Å². The van der Waals surface area contributed by atoms with E-state index in [0.29, 0.717) is 11.3 Å². The van der Waals surface area contributed by atoms with E-state index in [1.54, 1.807) is 11.8 Å². The fourth-order valence-electron chi connectivity index (χ4n) is 3.05. The predicted molar refractivity (Wildman–Crippen MR) is 102 cm³/mol. The van der Waals surface area contributed by atoms with Gasteiger partial charge in [0.15, 0.2) is 5.17 Å². The summed E-state index contributed by atoms with van der Waals surface area (Å²) in [4.78, 5) is 29.6. The van der Waals surface area contributed by atoms with Crippen LogP contribution in [0.25, 0.3) is 0 Å². The van der Waals surface area contributed by atoms with Gasteiger partial charge in [-0.05, 0) is 29.8 Å². The van der Waals surface area contributed by atoms with E-state index in [1.807, 2.05) is 24.3 Å². The van der Waals surface area contributed by atoms with Gasteiger partial charge in [-0.3, -0.25) is 19.9 Å². The van der Waals surface area contributed by atoms with E-state index in [0.717, 1.165) is 29.6 Å². The SMILES string of the molecule is O=C(Nc1cccc(C2CN3CCSC3=N2)c1)c1ccc([N+](=O)[O-])cc1. The van der Waals surface area contributed by atoms with Crippen LogP contribution in [0.4, 0.5) is 11.4 Å². The lowest BCUT2D eigenvalue weighted by atomic mass is 10.1. The fraction of sp³-hybridized carbons (Fsp3) is 0.222. The summed E-state index contributed by atoms with van der Waals surface area (Å²) in [7, 11) is 0. The zero-order valence-corrected chi connectivity index (χ0v) is 14.6. The van der Waals surface area contributed by atoms with Gasteiger partial charge in [0.1, 0.15) is 0 Å². The molecule has 2 aliphatic rings. The number of carbonyl (C=O) groups excluding carboxylic acids is 1. The Labute approximate surface area is 154 Å². The first kappa shape index (κ1) is 16.6. The van der Waals surface area contributed by atoms with Gasteiger partial charge >= 0.3 is 0 Å². The minimum absolute atomic E-state index is 0.0395. The molecule has 26 heavy (non-hydrogen) atoms. The molecule has 1 amide bonds. The lowest BCUT2D eigenvalue weighted by Gasteiger charge is -2.14. The molecule has 2 aromatic rings. The molecule has 1 atom stereocenters. The Morgan fingerprint density at radius 1 is 1.27 bits per heavy atom. The van der Waals surface area contributed by atoms with Crippen LogP contribution in [0.2, 0.25) is 0 Å². The molecule has 4 rings (SSSR count). The Morgan fingerprint density at radius 3 is 2.81 bits per heavy atom. The summed E-state index contributed by atoms with van der Waals surface area (Å²) in [5.74, 6) is 0.794. The van der Waals surface area contributed by atoms with Crippen molar-refractivity contribution in [1.29, 1.82) is 0 Å². The van der Waals surface area contributed by atoms with E-state index in [-0.39, 0.29) is 17.6 Å². The van der Waals surface area contributed by atoms with Crippen LogP contribution >= 0.6 is 11.8 Å². The lowest BCUT2D eigenvalue weighted by molar-refractivity contribution is -0.384. The highest BCUT2D eigenvalue weighted by Crippen LogP contribution is 2.33. The zero-order chi connectivity index (χ0) is 18.1. The minimum Gasteiger partial charge on any atom is -0.348 e. The number of anilines is 1. The van der Waals surface area contributed by atoms with Crippen LogP contribution in [-0.2, 0) is 0 Å². The highest BCUT2D eigenvalue weighted by Gasteiger charge is 2.30. The van der Waals surface area contributed by atoms with Crippen LogP contribution in [0.5, 0.6) is 0 Å². The summed E-state index contributed by atoms with van der Waals surface area (Å²) in [6, 6.07) is 13.3. The third-order valence-electron chi connectivity index (χ3n) is 4.39. The van der Waals surface area contributed by atoms with E-state index < -0.39 is 4.92 Å². The topological polar surface area (TPSA) is 87.8 Å². The molecule has 0 spiro atoms. The van der Waals surface area contributed by atoms with Gasteiger partial charge in [-0.2, -0.15) is 0 Å². The Kier molecular flexibility index (Phi) is 4.34. The highest BCUT2D eigenvalue weighted by atomic mass is 32.2. The van der Waals surface area contributed by atoms with Crippen molar-refractivity contribution < 1.29 is 9.72 Å². The molecule has 2 aliphatic heterocycles. The second-order valence-electron chi connectivity index (χ2n) is 6.11. The number of amides is 1. The van der Waals surface area contributed by atoms with E-state index in [4.69, 9.17) is 4.99 Å². The first-order valence-corrected chi connectivity index (χ1v) is 9.20. The maximum Gasteiger partial charge on any atom is 0.269 e. The van der Waals surface area contributed by atoms with Gasteiger partial charge in [0.05, 0.1) is 11.0 Å². The first-order valence-electron chi connectivity index (χ1n) is 8.21. The Bertz CT molecular complexity index is 898. The monoisotopic (exact) mass is 368 g/mol. The molecule has 1 N–H and O–H groups in total. The maximum atomic E-state index is 12.4. The third-order valence-corrected chi connectivity index (χ3v) is 5.40. The number of carbonyl (C=O) groups is 1. The molecule has 0 aromatic heterocycles. The molecule has 0 radical (unpaired) electrons. The van der Waals surface area contributed by atoms with Crippen LogP contribution in [-0.4, -0.2) is 39.7 Å². The fourth-order valence-corrected chi connectivity index (χ4v) is 4.09. The van der Waals surface area contributed by atoms with Crippen molar-refractivity contribution in [3.05, 3.63) is 69.8 Å². The van der Waals surface area contributed by atoms with Crippen LogP contribution in [0.15, 0.2) is 53.5 Å². The second-order valence-corrected chi connectivity index (χ2v) is 7.17. The molecule has 1 saturated heterocycles. The summed E-state index contributed by atoms with van der Waals surface area (Å²) >= 11 is 1.78. The molecule has 1 fully saturated rings. The smallest absolute Gasteiger partial charge is 0.269 e. The van der Waals surface area contributed by atoms with Gasteiger partial charge < -0.3 is 10.2 Å². The zero-order valence-electron chi connectivity index (χ0n) is 13.8. The van der Waals surface area contributed by atoms with Gasteiger partial charge in [0.2, 0.25) is 0 Å². The summed E-state index contributed by atoms with van der Waals surface area (Å²) in [5, 5.41) is 14.6.